The third-order valence-corrected chi connectivity index (χ3v) is 6.54. The van der Waals surface area contributed by atoms with Crippen molar-refractivity contribution < 1.29 is 9.59 Å². The highest BCUT2D eigenvalue weighted by molar-refractivity contribution is 5.96. The zero-order valence-electron chi connectivity index (χ0n) is 17.3. The molecule has 0 saturated carbocycles. The van der Waals surface area contributed by atoms with Crippen LogP contribution in [-0.2, 0) is 0 Å². The van der Waals surface area contributed by atoms with Crippen LogP contribution in [0.1, 0.15) is 78.3 Å². The van der Waals surface area contributed by atoms with Crippen molar-refractivity contribution in [3.05, 3.63) is 53.3 Å². The number of hydrogen-bond acceptors (Lipinski definition) is 3. The van der Waals surface area contributed by atoms with Gasteiger partial charge < -0.3 is 9.80 Å². The Morgan fingerprint density at radius 3 is 2.28 bits per heavy atom. The molecule has 0 bridgehead atoms. The average molecular weight is 395 g/mol. The Morgan fingerprint density at radius 2 is 1.62 bits per heavy atom. The predicted octanol–water partition coefficient (Wildman–Crippen LogP) is 3.83. The smallest absolute Gasteiger partial charge is 0.257 e. The molecule has 0 unspecified atom stereocenters. The molecule has 2 amide bonds. The first-order chi connectivity index (χ1) is 14.1. The van der Waals surface area contributed by atoms with Crippen LogP contribution in [0.2, 0.25) is 0 Å². The fraction of sp³-hybridized carbons (Fsp3) is 0.522. The highest BCUT2D eigenvalue weighted by Gasteiger charge is 2.34. The van der Waals surface area contributed by atoms with Gasteiger partial charge in [0.2, 0.25) is 0 Å². The number of nitrogens with zero attached hydrogens (tertiary/aromatic N) is 3. The molecule has 29 heavy (non-hydrogen) atoms. The normalized spacial score (nSPS) is 23.2. The zero-order chi connectivity index (χ0) is 20.4. The van der Waals surface area contributed by atoms with Crippen molar-refractivity contribution in [1.82, 2.24) is 20.0 Å². The van der Waals surface area contributed by atoms with E-state index in [9.17, 15) is 9.59 Å². The highest BCUT2D eigenvalue weighted by Crippen LogP contribution is 2.32. The van der Waals surface area contributed by atoms with Gasteiger partial charge in [0, 0.05) is 36.7 Å². The molecule has 3 heterocycles. The van der Waals surface area contributed by atoms with Crippen molar-refractivity contribution in [2.24, 2.45) is 0 Å². The van der Waals surface area contributed by atoms with Gasteiger partial charge in [0.25, 0.3) is 11.8 Å². The van der Waals surface area contributed by atoms with Gasteiger partial charge in [-0.25, -0.2) is 0 Å². The van der Waals surface area contributed by atoms with Crippen LogP contribution in [0.5, 0.6) is 0 Å². The quantitative estimate of drug-likeness (QED) is 0.860. The molecule has 1 aromatic heterocycles. The summed E-state index contributed by atoms with van der Waals surface area (Å²) in [5, 5.41) is 7.31. The SMILES string of the molecule is C[C@@H]1CCC[C@H](C)N1C(=O)c1cn[nH]c1C1CCN(C(=O)c2ccccc2)CC1. The van der Waals surface area contributed by atoms with Crippen molar-refractivity contribution in [1.29, 1.82) is 0 Å². The average Bonchev–Trinajstić information content (AvgIpc) is 3.24. The minimum atomic E-state index is 0.0842. The number of aromatic nitrogens is 2. The van der Waals surface area contributed by atoms with Gasteiger partial charge in [-0.05, 0) is 58.1 Å². The molecule has 6 nitrogen and oxygen atoms in total. The number of likely N-dealkylation sites (tertiary alicyclic amines) is 2. The third-order valence-electron chi connectivity index (χ3n) is 6.54. The van der Waals surface area contributed by atoms with E-state index in [1.165, 1.54) is 6.42 Å². The fourth-order valence-corrected chi connectivity index (χ4v) is 4.87. The lowest BCUT2D eigenvalue weighted by Crippen LogP contribution is -2.47. The number of benzene rings is 1. The number of carbonyl (C=O) groups is 2. The molecule has 0 aliphatic carbocycles. The summed E-state index contributed by atoms with van der Waals surface area (Å²) in [5.41, 5.74) is 2.38. The maximum Gasteiger partial charge on any atom is 0.257 e. The fourth-order valence-electron chi connectivity index (χ4n) is 4.87. The van der Waals surface area contributed by atoms with E-state index in [-0.39, 0.29) is 29.8 Å². The first-order valence-electron chi connectivity index (χ1n) is 10.8. The second-order valence-corrected chi connectivity index (χ2v) is 8.47. The van der Waals surface area contributed by atoms with Crippen LogP contribution in [0.4, 0.5) is 0 Å². The minimum absolute atomic E-state index is 0.0842. The Hall–Kier alpha value is -2.63. The second kappa shape index (κ2) is 8.39. The molecule has 2 atom stereocenters. The zero-order valence-corrected chi connectivity index (χ0v) is 17.3. The van der Waals surface area contributed by atoms with E-state index < -0.39 is 0 Å². The van der Waals surface area contributed by atoms with Gasteiger partial charge in [-0.1, -0.05) is 18.2 Å². The number of nitrogens with one attached hydrogen (secondary N) is 1. The number of H-pyrrole nitrogens is 1. The molecule has 0 radical (unpaired) electrons. The van der Waals surface area contributed by atoms with Crippen LogP contribution in [0.25, 0.3) is 0 Å². The van der Waals surface area contributed by atoms with Crippen LogP contribution in [0.15, 0.2) is 36.5 Å². The van der Waals surface area contributed by atoms with E-state index in [1.54, 1.807) is 6.20 Å². The van der Waals surface area contributed by atoms with E-state index in [0.29, 0.717) is 18.7 Å². The van der Waals surface area contributed by atoms with Crippen molar-refractivity contribution in [2.45, 2.75) is 64.0 Å². The van der Waals surface area contributed by atoms with Crippen LogP contribution < -0.4 is 0 Å². The molecule has 154 valence electrons. The summed E-state index contributed by atoms with van der Waals surface area (Å²) in [6.45, 7) is 5.67. The van der Waals surface area contributed by atoms with Crippen LogP contribution in [0, 0.1) is 0 Å². The lowest BCUT2D eigenvalue weighted by Gasteiger charge is -2.39. The second-order valence-electron chi connectivity index (χ2n) is 8.47. The number of amides is 2. The molecule has 4 rings (SSSR count). The Kier molecular flexibility index (Phi) is 5.69. The molecule has 2 aliphatic heterocycles. The maximum atomic E-state index is 13.3. The molecular formula is C23H30N4O2. The number of piperidine rings is 2. The number of carbonyl (C=O) groups excluding carboxylic acids is 2. The van der Waals surface area contributed by atoms with Crippen molar-refractivity contribution >= 4 is 11.8 Å². The monoisotopic (exact) mass is 394 g/mol. The van der Waals surface area contributed by atoms with Gasteiger partial charge in [-0.3, -0.25) is 14.7 Å². The van der Waals surface area contributed by atoms with E-state index in [1.807, 2.05) is 40.1 Å². The maximum absolute atomic E-state index is 13.3. The largest absolute Gasteiger partial charge is 0.339 e. The molecule has 2 fully saturated rings. The lowest BCUT2D eigenvalue weighted by molar-refractivity contribution is 0.0507. The molecular weight excluding hydrogens is 364 g/mol. The van der Waals surface area contributed by atoms with E-state index in [0.717, 1.165) is 36.9 Å². The predicted molar refractivity (Wildman–Crippen MR) is 112 cm³/mol. The first kappa shape index (κ1) is 19.7. The number of rotatable bonds is 3. The molecule has 1 N–H and O–H groups in total. The number of aromatic amines is 1. The highest BCUT2D eigenvalue weighted by atomic mass is 16.2. The summed E-state index contributed by atoms with van der Waals surface area (Å²) in [5.74, 6) is 0.406. The van der Waals surface area contributed by atoms with Gasteiger partial charge in [-0.15, -0.1) is 0 Å². The van der Waals surface area contributed by atoms with Gasteiger partial charge in [0.1, 0.15) is 0 Å². The lowest BCUT2D eigenvalue weighted by atomic mass is 9.90. The van der Waals surface area contributed by atoms with Gasteiger partial charge in [0.15, 0.2) is 0 Å². The van der Waals surface area contributed by atoms with Crippen LogP contribution >= 0.6 is 0 Å². The van der Waals surface area contributed by atoms with Gasteiger partial charge >= 0.3 is 0 Å². The summed E-state index contributed by atoms with van der Waals surface area (Å²) in [6.07, 6.45) is 6.66. The summed E-state index contributed by atoms with van der Waals surface area (Å²) >= 11 is 0. The third kappa shape index (κ3) is 3.93. The minimum Gasteiger partial charge on any atom is -0.339 e. The summed E-state index contributed by atoms with van der Waals surface area (Å²) < 4.78 is 0. The van der Waals surface area contributed by atoms with Crippen LogP contribution in [0.3, 0.4) is 0 Å². The Morgan fingerprint density at radius 1 is 0.966 bits per heavy atom. The molecule has 0 spiro atoms. The Bertz CT molecular complexity index is 845. The topological polar surface area (TPSA) is 69.3 Å². The molecule has 1 aromatic carbocycles. The molecule has 2 aromatic rings. The molecule has 2 aliphatic rings. The summed E-state index contributed by atoms with van der Waals surface area (Å²) in [4.78, 5) is 29.9. The molecule has 2 saturated heterocycles. The first-order valence-corrected chi connectivity index (χ1v) is 10.8. The van der Waals surface area contributed by atoms with Crippen molar-refractivity contribution in [2.75, 3.05) is 13.1 Å². The summed E-state index contributed by atoms with van der Waals surface area (Å²) in [7, 11) is 0. The Labute approximate surface area is 172 Å². The van der Waals surface area contributed by atoms with E-state index >= 15 is 0 Å². The van der Waals surface area contributed by atoms with Gasteiger partial charge in [-0.2, -0.15) is 5.10 Å². The summed E-state index contributed by atoms with van der Waals surface area (Å²) in [6, 6.07) is 9.96. The standard InChI is InChI=1S/C23H30N4O2/c1-16-7-6-8-17(2)27(16)23(29)20-15-24-25-21(20)18-11-13-26(14-12-18)22(28)19-9-4-3-5-10-19/h3-5,9-10,15-18H,6-8,11-14H2,1-2H3,(H,24,25)/t16-,17+. The van der Waals surface area contributed by atoms with E-state index in [2.05, 4.69) is 24.0 Å². The Balaban J connectivity index is 1.44. The van der Waals surface area contributed by atoms with E-state index in [4.69, 9.17) is 0 Å². The van der Waals surface area contributed by atoms with Crippen LogP contribution in [-0.4, -0.2) is 57.0 Å². The molecule has 6 heteroatoms. The number of hydrogen-bond donors (Lipinski definition) is 1. The van der Waals surface area contributed by atoms with Crippen molar-refractivity contribution in [3.8, 4) is 0 Å². The van der Waals surface area contributed by atoms with Gasteiger partial charge in [0.05, 0.1) is 17.5 Å². The van der Waals surface area contributed by atoms with Crippen molar-refractivity contribution in [3.63, 3.8) is 0 Å².